The summed E-state index contributed by atoms with van der Waals surface area (Å²) in [6.45, 7) is 7.02. The summed E-state index contributed by atoms with van der Waals surface area (Å²) < 4.78 is 5.66. The Balaban J connectivity index is 2.12. The number of nitrogens with zero attached hydrogens (tertiary/aromatic N) is 2. The summed E-state index contributed by atoms with van der Waals surface area (Å²) in [7, 11) is 0. The third-order valence-corrected chi connectivity index (χ3v) is 3.40. The molecule has 4 heteroatoms. The Morgan fingerprint density at radius 1 is 1.32 bits per heavy atom. The molecule has 1 aliphatic carbocycles. The van der Waals surface area contributed by atoms with Gasteiger partial charge in [-0.2, -0.15) is 4.98 Å². The molecular weight excluding hydrogens is 238 g/mol. The molecule has 0 amide bonds. The molecule has 0 atom stereocenters. The van der Waals surface area contributed by atoms with E-state index < -0.39 is 0 Å². The summed E-state index contributed by atoms with van der Waals surface area (Å²) in [6, 6.07) is 2.49. The van der Waals surface area contributed by atoms with Crippen molar-refractivity contribution in [3.8, 4) is 5.88 Å². The first-order chi connectivity index (χ1) is 9.19. The highest BCUT2D eigenvalue weighted by atomic mass is 16.5. The van der Waals surface area contributed by atoms with Gasteiger partial charge in [0.2, 0.25) is 5.88 Å². The average Bonchev–Trinajstić information content (AvgIpc) is 2.89. The summed E-state index contributed by atoms with van der Waals surface area (Å²) in [5, 5.41) is 3.52. The molecule has 0 aliphatic heterocycles. The molecule has 1 aromatic rings. The normalized spacial score (nSPS) is 16.0. The lowest BCUT2D eigenvalue weighted by atomic mass is 10.2. The van der Waals surface area contributed by atoms with Gasteiger partial charge >= 0.3 is 0 Å². The van der Waals surface area contributed by atoms with Crippen LogP contribution in [-0.4, -0.2) is 22.6 Å². The van der Waals surface area contributed by atoms with Crippen molar-refractivity contribution in [3.63, 3.8) is 0 Å². The Morgan fingerprint density at radius 2 is 2.05 bits per heavy atom. The van der Waals surface area contributed by atoms with Gasteiger partial charge in [0.05, 0.1) is 6.61 Å². The fraction of sp³-hybridized carbons (Fsp3) is 0.733. The van der Waals surface area contributed by atoms with Crippen molar-refractivity contribution in [2.45, 2.75) is 64.8 Å². The van der Waals surface area contributed by atoms with E-state index in [2.05, 4.69) is 36.1 Å². The maximum Gasteiger partial charge on any atom is 0.218 e. The van der Waals surface area contributed by atoms with Crippen LogP contribution in [0.1, 0.15) is 64.6 Å². The largest absolute Gasteiger partial charge is 0.478 e. The zero-order valence-corrected chi connectivity index (χ0v) is 12.3. The lowest BCUT2D eigenvalue weighted by molar-refractivity contribution is 0.303. The Hall–Kier alpha value is -1.32. The molecule has 0 saturated heterocycles. The molecule has 0 spiro atoms. The molecule has 1 aromatic heterocycles. The Labute approximate surface area is 116 Å². The second-order valence-electron chi connectivity index (χ2n) is 5.58. The first-order valence-electron chi connectivity index (χ1n) is 7.47. The van der Waals surface area contributed by atoms with E-state index in [0.29, 0.717) is 24.4 Å². The van der Waals surface area contributed by atoms with Gasteiger partial charge in [-0.1, -0.05) is 33.6 Å². The fourth-order valence-electron chi connectivity index (χ4n) is 2.33. The van der Waals surface area contributed by atoms with Gasteiger partial charge in [0.1, 0.15) is 11.6 Å². The standard InChI is InChI=1S/C15H25N3O/c1-4-9-19-14-10-13(16-12-7-5-6-8-12)17-15(18-14)11(2)3/h10-12H,4-9H2,1-3H3,(H,16,17,18). The maximum absolute atomic E-state index is 5.66. The van der Waals surface area contributed by atoms with E-state index >= 15 is 0 Å². The minimum absolute atomic E-state index is 0.314. The third kappa shape index (κ3) is 4.08. The van der Waals surface area contributed by atoms with Crippen molar-refractivity contribution < 1.29 is 4.74 Å². The van der Waals surface area contributed by atoms with Crippen LogP contribution in [-0.2, 0) is 0 Å². The fourth-order valence-corrected chi connectivity index (χ4v) is 2.33. The van der Waals surface area contributed by atoms with Crippen molar-refractivity contribution in [2.75, 3.05) is 11.9 Å². The van der Waals surface area contributed by atoms with Gasteiger partial charge in [-0.3, -0.25) is 0 Å². The summed E-state index contributed by atoms with van der Waals surface area (Å²) in [5.41, 5.74) is 0. The van der Waals surface area contributed by atoms with Gasteiger partial charge in [-0.15, -0.1) is 0 Å². The number of nitrogens with one attached hydrogen (secondary N) is 1. The van der Waals surface area contributed by atoms with E-state index in [0.717, 1.165) is 18.1 Å². The van der Waals surface area contributed by atoms with Crippen LogP contribution in [0.3, 0.4) is 0 Å². The Morgan fingerprint density at radius 3 is 2.68 bits per heavy atom. The summed E-state index contributed by atoms with van der Waals surface area (Å²) in [6.07, 6.45) is 6.11. The molecule has 4 nitrogen and oxygen atoms in total. The number of ether oxygens (including phenoxy) is 1. The maximum atomic E-state index is 5.66. The van der Waals surface area contributed by atoms with Crippen molar-refractivity contribution >= 4 is 5.82 Å². The smallest absolute Gasteiger partial charge is 0.218 e. The first kappa shape index (κ1) is 14.1. The van der Waals surface area contributed by atoms with Gasteiger partial charge in [0.15, 0.2) is 0 Å². The van der Waals surface area contributed by atoms with Crippen LogP contribution < -0.4 is 10.1 Å². The summed E-state index contributed by atoms with van der Waals surface area (Å²) >= 11 is 0. The van der Waals surface area contributed by atoms with E-state index in [9.17, 15) is 0 Å². The number of hydrogen-bond donors (Lipinski definition) is 1. The zero-order chi connectivity index (χ0) is 13.7. The predicted octanol–water partition coefficient (Wildman–Crippen LogP) is 3.74. The van der Waals surface area contributed by atoms with Crippen LogP contribution in [0, 0.1) is 0 Å². The van der Waals surface area contributed by atoms with Crippen molar-refractivity contribution in [1.82, 2.24) is 9.97 Å². The number of aromatic nitrogens is 2. The molecule has 1 fully saturated rings. The van der Waals surface area contributed by atoms with Gasteiger partial charge in [0.25, 0.3) is 0 Å². The molecule has 2 rings (SSSR count). The summed E-state index contributed by atoms with van der Waals surface area (Å²) in [4.78, 5) is 9.07. The van der Waals surface area contributed by atoms with Gasteiger partial charge < -0.3 is 10.1 Å². The molecule has 0 radical (unpaired) electrons. The van der Waals surface area contributed by atoms with Crippen LogP contribution in [0.5, 0.6) is 5.88 Å². The molecule has 1 aliphatic rings. The topological polar surface area (TPSA) is 47.0 Å². The van der Waals surface area contributed by atoms with Crippen LogP contribution in [0.2, 0.25) is 0 Å². The lowest BCUT2D eigenvalue weighted by Crippen LogP contribution is -2.17. The number of anilines is 1. The van der Waals surface area contributed by atoms with Crippen LogP contribution in [0.15, 0.2) is 6.07 Å². The molecule has 1 N–H and O–H groups in total. The second-order valence-corrected chi connectivity index (χ2v) is 5.58. The highest BCUT2D eigenvalue weighted by Gasteiger charge is 2.16. The summed E-state index contributed by atoms with van der Waals surface area (Å²) in [5.74, 6) is 2.78. The van der Waals surface area contributed by atoms with Gasteiger partial charge in [0, 0.05) is 18.0 Å². The Kier molecular flexibility index (Phi) is 5.00. The molecule has 106 valence electrons. The van der Waals surface area contributed by atoms with Crippen LogP contribution >= 0.6 is 0 Å². The average molecular weight is 263 g/mol. The quantitative estimate of drug-likeness (QED) is 0.849. The lowest BCUT2D eigenvalue weighted by Gasteiger charge is -2.15. The van der Waals surface area contributed by atoms with E-state index in [1.54, 1.807) is 0 Å². The van der Waals surface area contributed by atoms with Crippen LogP contribution in [0.4, 0.5) is 5.82 Å². The van der Waals surface area contributed by atoms with Crippen LogP contribution in [0.25, 0.3) is 0 Å². The third-order valence-electron chi connectivity index (χ3n) is 3.40. The predicted molar refractivity (Wildman–Crippen MR) is 77.8 cm³/mol. The SMILES string of the molecule is CCCOc1cc(NC2CCCC2)nc(C(C)C)n1. The molecule has 19 heavy (non-hydrogen) atoms. The van der Waals surface area contributed by atoms with Crippen molar-refractivity contribution in [3.05, 3.63) is 11.9 Å². The molecule has 0 bridgehead atoms. The molecule has 1 saturated carbocycles. The first-order valence-corrected chi connectivity index (χ1v) is 7.47. The molecule has 0 unspecified atom stereocenters. The zero-order valence-electron chi connectivity index (χ0n) is 12.3. The van der Waals surface area contributed by atoms with E-state index in [4.69, 9.17) is 4.74 Å². The number of hydrogen-bond acceptors (Lipinski definition) is 4. The Bertz CT molecular complexity index is 400. The highest BCUT2D eigenvalue weighted by molar-refractivity contribution is 5.40. The highest BCUT2D eigenvalue weighted by Crippen LogP contribution is 2.24. The monoisotopic (exact) mass is 263 g/mol. The van der Waals surface area contributed by atoms with E-state index in [1.165, 1.54) is 25.7 Å². The van der Waals surface area contributed by atoms with Gasteiger partial charge in [-0.05, 0) is 19.3 Å². The number of rotatable bonds is 6. The molecule has 1 heterocycles. The van der Waals surface area contributed by atoms with Gasteiger partial charge in [-0.25, -0.2) is 4.98 Å². The minimum atomic E-state index is 0.314. The molecule has 0 aromatic carbocycles. The molecular formula is C15H25N3O. The minimum Gasteiger partial charge on any atom is -0.478 e. The van der Waals surface area contributed by atoms with Crippen molar-refractivity contribution in [1.29, 1.82) is 0 Å². The van der Waals surface area contributed by atoms with E-state index in [1.807, 2.05) is 6.07 Å². The van der Waals surface area contributed by atoms with E-state index in [-0.39, 0.29) is 0 Å². The second kappa shape index (κ2) is 6.73. The van der Waals surface area contributed by atoms with Crippen molar-refractivity contribution in [2.24, 2.45) is 0 Å².